The van der Waals surface area contributed by atoms with E-state index in [1.54, 1.807) is 7.11 Å². The molecule has 1 aliphatic rings. The van der Waals surface area contributed by atoms with E-state index < -0.39 is 0 Å². The van der Waals surface area contributed by atoms with Gasteiger partial charge in [-0.15, -0.1) is 0 Å². The van der Waals surface area contributed by atoms with E-state index in [1.807, 2.05) is 18.2 Å². The van der Waals surface area contributed by atoms with E-state index in [4.69, 9.17) is 4.74 Å². The normalized spacial score (nSPS) is 19.7. The number of methoxy groups -OCH3 is 1. The van der Waals surface area contributed by atoms with Gasteiger partial charge in [0.05, 0.1) is 7.11 Å². The maximum Gasteiger partial charge on any atom is 0.214 e. The highest BCUT2D eigenvalue weighted by molar-refractivity contribution is 5.36. The second kappa shape index (κ2) is 5.70. The lowest BCUT2D eigenvalue weighted by atomic mass is 10.1. The quantitative estimate of drug-likeness (QED) is 0.793. The maximum atomic E-state index is 5.07. The fraction of sp³-hybridized carbons (Fsp3) is 0.583. The van der Waals surface area contributed by atoms with Gasteiger partial charge >= 0.3 is 0 Å². The standard InChI is InChI=1S/C12H19N3O/c1-16-12-6-2-5-11(15-12)14-9-7-10-4-3-8-13-10/h2,5-6,10,13H,3-4,7-9H2,1H3,(H,14,15)/t10-/m1/s1. The smallest absolute Gasteiger partial charge is 0.214 e. The first-order valence-electron chi connectivity index (χ1n) is 5.87. The molecule has 1 aliphatic heterocycles. The second-order valence-corrected chi connectivity index (χ2v) is 4.07. The van der Waals surface area contributed by atoms with Gasteiger partial charge < -0.3 is 15.4 Å². The first-order valence-corrected chi connectivity index (χ1v) is 5.87. The largest absolute Gasteiger partial charge is 0.481 e. The highest BCUT2D eigenvalue weighted by Gasteiger charge is 2.12. The average Bonchev–Trinajstić information content (AvgIpc) is 2.82. The molecule has 0 bridgehead atoms. The van der Waals surface area contributed by atoms with Crippen molar-refractivity contribution in [3.63, 3.8) is 0 Å². The summed E-state index contributed by atoms with van der Waals surface area (Å²) in [7, 11) is 1.63. The summed E-state index contributed by atoms with van der Waals surface area (Å²) < 4.78 is 5.07. The molecule has 1 saturated heterocycles. The van der Waals surface area contributed by atoms with Crippen LogP contribution in [0.5, 0.6) is 5.88 Å². The van der Waals surface area contributed by atoms with Gasteiger partial charge in [0, 0.05) is 18.7 Å². The fourth-order valence-electron chi connectivity index (χ4n) is 2.00. The number of ether oxygens (including phenoxy) is 1. The van der Waals surface area contributed by atoms with Crippen LogP contribution in [0.2, 0.25) is 0 Å². The Morgan fingerprint density at radius 3 is 3.25 bits per heavy atom. The van der Waals surface area contributed by atoms with Crippen molar-refractivity contribution in [3.8, 4) is 5.88 Å². The molecule has 2 rings (SSSR count). The van der Waals surface area contributed by atoms with Crippen LogP contribution in [0.15, 0.2) is 18.2 Å². The number of hydrogen-bond donors (Lipinski definition) is 2. The van der Waals surface area contributed by atoms with Gasteiger partial charge in [0.25, 0.3) is 0 Å². The summed E-state index contributed by atoms with van der Waals surface area (Å²) in [5.74, 6) is 1.54. The van der Waals surface area contributed by atoms with E-state index in [0.29, 0.717) is 11.9 Å². The predicted molar refractivity (Wildman–Crippen MR) is 64.9 cm³/mol. The summed E-state index contributed by atoms with van der Waals surface area (Å²) in [6.45, 7) is 2.12. The monoisotopic (exact) mass is 221 g/mol. The molecule has 4 nitrogen and oxygen atoms in total. The first kappa shape index (κ1) is 11.2. The molecule has 1 fully saturated rings. The zero-order valence-corrected chi connectivity index (χ0v) is 9.70. The first-order chi connectivity index (χ1) is 7.88. The molecule has 0 radical (unpaired) electrons. The number of hydrogen-bond acceptors (Lipinski definition) is 4. The van der Waals surface area contributed by atoms with Gasteiger partial charge in [-0.2, -0.15) is 4.98 Å². The summed E-state index contributed by atoms with van der Waals surface area (Å²) in [5, 5.41) is 6.80. The topological polar surface area (TPSA) is 46.2 Å². The SMILES string of the molecule is COc1cccc(NCC[C@H]2CCCN2)n1. The Labute approximate surface area is 96.4 Å². The molecular weight excluding hydrogens is 202 g/mol. The third kappa shape index (κ3) is 3.10. The van der Waals surface area contributed by atoms with Crippen LogP contribution in [0.4, 0.5) is 5.82 Å². The summed E-state index contributed by atoms with van der Waals surface area (Å²) in [6, 6.07) is 6.44. The van der Waals surface area contributed by atoms with Gasteiger partial charge in [0.2, 0.25) is 5.88 Å². The van der Waals surface area contributed by atoms with Gasteiger partial charge in [0.15, 0.2) is 0 Å². The Hall–Kier alpha value is -1.29. The van der Waals surface area contributed by atoms with Crippen molar-refractivity contribution in [2.45, 2.75) is 25.3 Å². The lowest BCUT2D eigenvalue weighted by Gasteiger charge is -2.11. The number of pyridine rings is 1. The summed E-state index contributed by atoms with van der Waals surface area (Å²) in [4.78, 5) is 4.30. The highest BCUT2D eigenvalue weighted by Crippen LogP contribution is 2.12. The average molecular weight is 221 g/mol. The molecule has 0 spiro atoms. The maximum absolute atomic E-state index is 5.07. The van der Waals surface area contributed by atoms with Gasteiger partial charge in [-0.1, -0.05) is 6.07 Å². The summed E-state index contributed by atoms with van der Waals surface area (Å²) in [5.41, 5.74) is 0. The van der Waals surface area contributed by atoms with Crippen LogP contribution in [0.3, 0.4) is 0 Å². The van der Waals surface area contributed by atoms with E-state index in [0.717, 1.165) is 18.8 Å². The molecule has 2 heterocycles. The second-order valence-electron chi connectivity index (χ2n) is 4.07. The number of nitrogens with one attached hydrogen (secondary N) is 2. The third-order valence-electron chi connectivity index (χ3n) is 2.89. The Kier molecular flexibility index (Phi) is 3.99. The van der Waals surface area contributed by atoms with Crippen molar-refractivity contribution in [2.75, 3.05) is 25.5 Å². The summed E-state index contributed by atoms with van der Waals surface area (Å²) in [6.07, 6.45) is 3.76. The molecular formula is C12H19N3O. The zero-order valence-electron chi connectivity index (χ0n) is 9.70. The molecule has 1 aromatic rings. The molecule has 1 aromatic heterocycles. The third-order valence-corrected chi connectivity index (χ3v) is 2.89. The number of aromatic nitrogens is 1. The molecule has 0 aliphatic carbocycles. The number of nitrogens with zero attached hydrogens (tertiary/aromatic N) is 1. The van der Waals surface area contributed by atoms with Crippen molar-refractivity contribution in [3.05, 3.63) is 18.2 Å². The van der Waals surface area contributed by atoms with Crippen molar-refractivity contribution in [1.82, 2.24) is 10.3 Å². The summed E-state index contributed by atoms with van der Waals surface area (Å²) >= 11 is 0. The molecule has 1 atom stereocenters. The lowest BCUT2D eigenvalue weighted by Crippen LogP contribution is -2.24. The molecule has 16 heavy (non-hydrogen) atoms. The minimum Gasteiger partial charge on any atom is -0.481 e. The van der Waals surface area contributed by atoms with Gasteiger partial charge in [-0.25, -0.2) is 0 Å². The van der Waals surface area contributed by atoms with Crippen LogP contribution in [0.1, 0.15) is 19.3 Å². The molecule has 0 aromatic carbocycles. The highest BCUT2D eigenvalue weighted by atomic mass is 16.5. The van der Waals surface area contributed by atoms with E-state index in [1.165, 1.54) is 19.4 Å². The molecule has 0 unspecified atom stereocenters. The lowest BCUT2D eigenvalue weighted by molar-refractivity contribution is 0.398. The van der Waals surface area contributed by atoms with E-state index in [2.05, 4.69) is 15.6 Å². The van der Waals surface area contributed by atoms with Crippen LogP contribution in [-0.4, -0.2) is 31.2 Å². The van der Waals surface area contributed by atoms with Crippen LogP contribution in [-0.2, 0) is 0 Å². The zero-order chi connectivity index (χ0) is 11.2. The minimum atomic E-state index is 0.656. The Morgan fingerprint density at radius 2 is 2.50 bits per heavy atom. The van der Waals surface area contributed by atoms with Crippen molar-refractivity contribution < 1.29 is 4.74 Å². The van der Waals surface area contributed by atoms with E-state index >= 15 is 0 Å². The fourth-order valence-corrected chi connectivity index (χ4v) is 2.00. The van der Waals surface area contributed by atoms with Crippen LogP contribution < -0.4 is 15.4 Å². The van der Waals surface area contributed by atoms with E-state index in [-0.39, 0.29) is 0 Å². The Balaban J connectivity index is 1.75. The number of anilines is 1. The molecule has 88 valence electrons. The minimum absolute atomic E-state index is 0.656. The van der Waals surface area contributed by atoms with Crippen molar-refractivity contribution in [1.29, 1.82) is 0 Å². The van der Waals surface area contributed by atoms with Crippen LogP contribution >= 0.6 is 0 Å². The van der Waals surface area contributed by atoms with Crippen LogP contribution in [0.25, 0.3) is 0 Å². The molecule has 0 saturated carbocycles. The predicted octanol–water partition coefficient (Wildman–Crippen LogP) is 1.64. The molecule has 2 N–H and O–H groups in total. The Morgan fingerprint density at radius 1 is 1.56 bits per heavy atom. The van der Waals surface area contributed by atoms with Gasteiger partial charge in [0.1, 0.15) is 5.82 Å². The van der Waals surface area contributed by atoms with Crippen LogP contribution in [0, 0.1) is 0 Å². The molecule has 4 heteroatoms. The van der Waals surface area contributed by atoms with Gasteiger partial charge in [-0.3, -0.25) is 0 Å². The van der Waals surface area contributed by atoms with Crippen molar-refractivity contribution in [2.24, 2.45) is 0 Å². The van der Waals surface area contributed by atoms with E-state index in [9.17, 15) is 0 Å². The van der Waals surface area contributed by atoms with Gasteiger partial charge in [-0.05, 0) is 31.9 Å². The Bertz CT molecular complexity index is 324. The number of rotatable bonds is 5. The van der Waals surface area contributed by atoms with Crippen molar-refractivity contribution >= 4 is 5.82 Å². The molecule has 0 amide bonds.